The van der Waals surface area contributed by atoms with Gasteiger partial charge in [-0.15, -0.1) is 0 Å². The zero-order valence-electron chi connectivity index (χ0n) is 19.9. The van der Waals surface area contributed by atoms with Crippen LogP contribution in [0.15, 0.2) is 64.1 Å². The van der Waals surface area contributed by atoms with E-state index in [9.17, 15) is 12.8 Å². The van der Waals surface area contributed by atoms with Gasteiger partial charge in [-0.3, -0.25) is 4.98 Å². The zero-order valence-corrected chi connectivity index (χ0v) is 20.7. The number of halogens is 1. The van der Waals surface area contributed by atoms with Gasteiger partial charge < -0.3 is 14.6 Å². The Balaban J connectivity index is 1.42. The van der Waals surface area contributed by atoms with E-state index in [1.165, 1.54) is 6.07 Å². The lowest BCUT2D eigenvalue weighted by Crippen LogP contribution is -2.21. The highest BCUT2D eigenvalue weighted by molar-refractivity contribution is 7.92. The van der Waals surface area contributed by atoms with E-state index in [1.807, 2.05) is 6.07 Å². The Bertz CT molecular complexity index is 1500. The molecule has 1 atom stereocenters. The molecule has 1 fully saturated rings. The summed E-state index contributed by atoms with van der Waals surface area (Å²) in [5.41, 5.74) is 3.85. The molecule has 2 aromatic carbocycles. The molecule has 1 aliphatic heterocycles. The molecule has 0 saturated carbocycles. The van der Waals surface area contributed by atoms with Crippen molar-refractivity contribution in [3.05, 3.63) is 71.8 Å². The predicted molar refractivity (Wildman–Crippen MR) is 132 cm³/mol. The molecule has 1 unspecified atom stereocenters. The average Bonchev–Trinajstić information content (AvgIpc) is 3.58. The summed E-state index contributed by atoms with van der Waals surface area (Å²) in [6.45, 7) is 3.03. The molecule has 1 N–H and O–H groups in total. The fraction of sp³-hybridized carbons (Fsp3) is 0.269. The summed E-state index contributed by atoms with van der Waals surface area (Å²) in [5, 5.41) is 6.52. The largest absolute Gasteiger partial charge is 0.380 e. The van der Waals surface area contributed by atoms with Crippen molar-refractivity contribution in [1.29, 1.82) is 0 Å². The van der Waals surface area contributed by atoms with E-state index < -0.39 is 20.9 Å². The van der Waals surface area contributed by atoms with E-state index >= 15 is 0 Å². The molecule has 36 heavy (non-hydrogen) atoms. The van der Waals surface area contributed by atoms with Gasteiger partial charge in [0.1, 0.15) is 17.2 Å². The first kappa shape index (κ1) is 24.2. The highest BCUT2D eigenvalue weighted by atomic mass is 32.2. The van der Waals surface area contributed by atoms with Gasteiger partial charge in [0.25, 0.3) is 0 Å². The quantitative estimate of drug-likeness (QED) is 0.396. The third kappa shape index (κ3) is 4.67. The molecule has 1 saturated heterocycles. The van der Waals surface area contributed by atoms with E-state index in [0.29, 0.717) is 59.2 Å². The second kappa shape index (κ2) is 9.88. The van der Waals surface area contributed by atoms with E-state index in [4.69, 9.17) is 9.26 Å². The van der Waals surface area contributed by atoms with Crippen LogP contribution in [0.25, 0.3) is 34.0 Å². The van der Waals surface area contributed by atoms with Crippen LogP contribution in [0, 0.1) is 12.7 Å². The van der Waals surface area contributed by atoms with Crippen LogP contribution >= 0.6 is 0 Å². The Morgan fingerprint density at radius 1 is 1.11 bits per heavy atom. The summed E-state index contributed by atoms with van der Waals surface area (Å²) in [6, 6.07) is 13.2. The average molecular weight is 509 g/mol. The standard InChI is InChI=1S/C26H25FN4O4S/c1-16-26(25-12-23(31-35-25)21-8-3-17(13-28-2)11-22(21)27)30-24(14-29-16)18-4-6-19(7-5-18)36(32,33)20-9-10-34-15-20/h3-8,11-12,14,20,28H,9-10,13,15H2,1-2H3. The number of benzene rings is 2. The third-order valence-electron chi connectivity index (χ3n) is 6.19. The van der Waals surface area contributed by atoms with Crippen LogP contribution in [0.3, 0.4) is 0 Å². The first-order chi connectivity index (χ1) is 17.4. The van der Waals surface area contributed by atoms with Crippen LogP contribution in [-0.2, 0) is 21.1 Å². The molecule has 8 nitrogen and oxygen atoms in total. The summed E-state index contributed by atoms with van der Waals surface area (Å²) in [5.74, 6) is -0.0330. The van der Waals surface area contributed by atoms with Crippen molar-refractivity contribution in [2.75, 3.05) is 20.3 Å². The number of ether oxygens (including phenoxy) is 1. The summed E-state index contributed by atoms with van der Waals surface area (Å²) >= 11 is 0. The van der Waals surface area contributed by atoms with Gasteiger partial charge in [-0.25, -0.2) is 17.8 Å². The molecule has 0 amide bonds. The molecule has 0 radical (unpaired) electrons. The third-order valence-corrected chi connectivity index (χ3v) is 8.37. The first-order valence-corrected chi connectivity index (χ1v) is 13.1. The number of nitrogens with zero attached hydrogens (tertiary/aromatic N) is 3. The Hall–Kier alpha value is -3.47. The van der Waals surface area contributed by atoms with Gasteiger partial charge in [-0.1, -0.05) is 23.4 Å². The van der Waals surface area contributed by atoms with Gasteiger partial charge in [-0.05, 0) is 50.2 Å². The van der Waals surface area contributed by atoms with Crippen molar-refractivity contribution < 1.29 is 22.1 Å². The topological polar surface area (TPSA) is 107 Å². The molecule has 0 bridgehead atoms. The molecule has 2 aromatic heterocycles. The van der Waals surface area contributed by atoms with E-state index in [1.54, 1.807) is 56.6 Å². The molecule has 186 valence electrons. The molecule has 0 aliphatic carbocycles. The summed E-state index contributed by atoms with van der Waals surface area (Å²) < 4.78 is 51.0. The Morgan fingerprint density at radius 3 is 2.61 bits per heavy atom. The fourth-order valence-corrected chi connectivity index (χ4v) is 5.76. The number of rotatable bonds is 7. The lowest BCUT2D eigenvalue weighted by atomic mass is 10.1. The van der Waals surface area contributed by atoms with Gasteiger partial charge >= 0.3 is 0 Å². The molecule has 0 spiro atoms. The van der Waals surface area contributed by atoms with Gasteiger partial charge in [-0.2, -0.15) is 0 Å². The molecule has 3 heterocycles. The fourth-order valence-electron chi connectivity index (χ4n) is 4.18. The summed E-state index contributed by atoms with van der Waals surface area (Å²) in [4.78, 5) is 9.37. The smallest absolute Gasteiger partial charge is 0.187 e. The van der Waals surface area contributed by atoms with Crippen LogP contribution in [0.2, 0.25) is 0 Å². The van der Waals surface area contributed by atoms with E-state index in [2.05, 4.69) is 20.4 Å². The second-order valence-electron chi connectivity index (χ2n) is 8.67. The lowest BCUT2D eigenvalue weighted by molar-refractivity contribution is 0.198. The van der Waals surface area contributed by atoms with Crippen LogP contribution in [0.5, 0.6) is 0 Å². The molecular weight excluding hydrogens is 483 g/mol. The summed E-state index contributed by atoms with van der Waals surface area (Å²) in [7, 11) is -1.65. The maximum Gasteiger partial charge on any atom is 0.187 e. The first-order valence-electron chi connectivity index (χ1n) is 11.5. The van der Waals surface area contributed by atoms with Gasteiger partial charge in [0.15, 0.2) is 15.6 Å². The lowest BCUT2D eigenvalue weighted by Gasteiger charge is -2.11. The van der Waals surface area contributed by atoms with Crippen LogP contribution < -0.4 is 5.32 Å². The van der Waals surface area contributed by atoms with Crippen LogP contribution in [0.4, 0.5) is 4.39 Å². The maximum absolute atomic E-state index is 14.7. The van der Waals surface area contributed by atoms with E-state index in [-0.39, 0.29) is 11.5 Å². The van der Waals surface area contributed by atoms with Gasteiger partial charge in [0.05, 0.1) is 34.3 Å². The highest BCUT2D eigenvalue weighted by Gasteiger charge is 2.31. The van der Waals surface area contributed by atoms with Crippen molar-refractivity contribution in [2.45, 2.75) is 30.0 Å². The normalized spacial score (nSPS) is 15.9. The molecule has 4 aromatic rings. The highest BCUT2D eigenvalue weighted by Crippen LogP contribution is 2.30. The van der Waals surface area contributed by atoms with Crippen LogP contribution in [-0.4, -0.2) is 49.1 Å². The maximum atomic E-state index is 14.7. The number of sulfone groups is 1. The Morgan fingerprint density at radius 2 is 1.92 bits per heavy atom. The monoisotopic (exact) mass is 508 g/mol. The molecular formula is C26H25FN4O4S. The molecule has 1 aliphatic rings. The Kier molecular flexibility index (Phi) is 6.65. The van der Waals surface area contributed by atoms with Crippen molar-refractivity contribution in [3.8, 4) is 34.0 Å². The number of nitrogens with one attached hydrogen (secondary N) is 1. The van der Waals surface area contributed by atoms with Gasteiger partial charge in [0.2, 0.25) is 0 Å². The second-order valence-corrected chi connectivity index (χ2v) is 10.9. The Labute approximate surface area is 208 Å². The van der Waals surface area contributed by atoms with Crippen molar-refractivity contribution >= 4 is 9.84 Å². The van der Waals surface area contributed by atoms with Crippen molar-refractivity contribution in [3.63, 3.8) is 0 Å². The minimum atomic E-state index is -3.45. The van der Waals surface area contributed by atoms with Crippen molar-refractivity contribution in [1.82, 2.24) is 20.4 Å². The summed E-state index contributed by atoms with van der Waals surface area (Å²) in [6.07, 6.45) is 2.12. The SMILES string of the molecule is CNCc1ccc(-c2cc(-c3nc(-c4ccc(S(=O)(=O)C5CCOC5)cc4)cnc3C)on2)c(F)c1. The number of hydrogen-bond acceptors (Lipinski definition) is 8. The van der Waals surface area contributed by atoms with Crippen molar-refractivity contribution in [2.24, 2.45) is 0 Å². The zero-order chi connectivity index (χ0) is 25.3. The number of aryl methyl sites for hydroxylation is 1. The number of hydrogen-bond donors (Lipinski definition) is 1. The minimum absolute atomic E-state index is 0.222. The molecule has 5 rings (SSSR count). The predicted octanol–water partition coefficient (Wildman–Crippen LogP) is 4.20. The van der Waals surface area contributed by atoms with Crippen LogP contribution in [0.1, 0.15) is 17.7 Å². The number of aromatic nitrogens is 3. The van der Waals surface area contributed by atoms with E-state index in [0.717, 1.165) is 5.56 Å². The minimum Gasteiger partial charge on any atom is -0.380 e. The van der Waals surface area contributed by atoms with Gasteiger partial charge in [0, 0.05) is 30.3 Å². The molecule has 10 heteroatoms.